The van der Waals surface area contributed by atoms with Gasteiger partial charge in [0, 0.05) is 196 Å². The molecule has 0 amide bonds. The number of aliphatic hydroxyl groups excluding tert-OH is 2. The number of alkyl halides is 6. The smallest absolute Gasteiger partial charge is 0.454 e. The zero-order valence-corrected chi connectivity index (χ0v) is 90.2. The third-order valence-electron chi connectivity index (χ3n) is 19.3. The minimum absolute atomic E-state index is 0. The maximum atomic E-state index is 11.4. The molecule has 33 heteroatoms. The molecule has 0 spiro atoms. The third-order valence-corrected chi connectivity index (χ3v) is 19.3. The van der Waals surface area contributed by atoms with E-state index in [1.165, 1.54) is 32.2 Å². The number of hydrogen-bond acceptors (Lipinski definition) is 22. The van der Waals surface area contributed by atoms with Gasteiger partial charge in [0.25, 0.3) is 5.78 Å². The molecule has 0 aliphatic rings. The summed E-state index contributed by atoms with van der Waals surface area (Å²) < 4.78 is 117. The van der Waals surface area contributed by atoms with E-state index in [1.54, 1.807) is 36.9 Å². The Kier molecular flexibility index (Phi) is 51.8. The van der Waals surface area contributed by atoms with E-state index in [4.69, 9.17) is 53.2 Å². The van der Waals surface area contributed by atoms with Crippen molar-refractivity contribution in [3.05, 3.63) is 465 Å². The number of carbonyl (C=O) groups excluding carboxylic acids is 2. The molecule has 774 valence electrons. The van der Waals surface area contributed by atoms with Gasteiger partial charge in [0.2, 0.25) is 5.76 Å². The molecule has 0 unspecified atom stereocenters. The number of pyridine rings is 5. The fraction of sp³-hybridized carbons (Fsp3) is 0.103. The largest absolute Gasteiger partial charge is 0.512 e. The molecule has 0 fully saturated rings. The molecule has 149 heavy (non-hydrogen) atoms. The van der Waals surface area contributed by atoms with Crippen LogP contribution in [0, 0.1) is 24.3 Å². The number of carboxylic acid groups (broad SMARTS) is 1. The number of carbonyl (C=O) groups is 3. The number of benzene rings is 12. The zero-order chi connectivity index (χ0) is 103. The minimum Gasteiger partial charge on any atom is -0.512 e. The summed E-state index contributed by atoms with van der Waals surface area (Å²) in [5.41, 5.74) is 11.0. The molecule has 0 aliphatic carbocycles. The summed E-state index contributed by atoms with van der Waals surface area (Å²) in [5, 5.41) is 37.3. The number of aromatic carboxylic acids is 1. The van der Waals surface area contributed by atoms with Crippen LogP contribution in [0.2, 0.25) is 0 Å². The quantitative estimate of drug-likeness (QED) is 0.00919. The van der Waals surface area contributed by atoms with Gasteiger partial charge in [-0.2, -0.15) is 26.3 Å². The number of aromatic nitrogens is 5. The van der Waals surface area contributed by atoms with Gasteiger partial charge in [0.1, 0.15) is 51.7 Å². The van der Waals surface area contributed by atoms with E-state index in [9.17, 15) is 40.7 Å². The molecule has 0 atom stereocenters. The van der Waals surface area contributed by atoms with Gasteiger partial charge in [-0.25, -0.2) is 9.78 Å². The maximum absolute atomic E-state index is 11.4. The number of nitrogens with zero attached hydrogens (tertiary/aromatic N) is 5. The first-order chi connectivity index (χ1) is 70.2. The minimum atomic E-state index is -5.42. The predicted octanol–water partition coefficient (Wildman–Crippen LogP) is 27.3. The molecule has 17 aromatic rings. The number of nitrogens with one attached hydrogen (secondary N) is 4. The first-order valence-corrected chi connectivity index (χ1v) is 44.8. The Balaban J connectivity index is 0.000000244. The van der Waals surface area contributed by atoms with Crippen LogP contribution in [0.1, 0.15) is 46.6 Å². The Morgan fingerprint density at radius 1 is 0.289 bits per heavy atom. The summed E-state index contributed by atoms with van der Waals surface area (Å²) >= 11 is 0. The molecule has 12 aromatic carbocycles. The normalized spacial score (nSPS) is 10.5. The summed E-state index contributed by atoms with van der Waals surface area (Å²) in [6, 6.07) is 126. The number of carboxylic acids is 1. The number of rotatable bonds is 31. The Bertz CT molecular complexity index is 6280. The van der Waals surface area contributed by atoms with Crippen molar-refractivity contribution in [3.8, 4) is 137 Å². The summed E-state index contributed by atoms with van der Waals surface area (Å²) in [6.45, 7) is 5.90. The van der Waals surface area contributed by atoms with Crippen molar-refractivity contribution in [2.45, 2.75) is 52.4 Å². The van der Waals surface area contributed by atoms with Gasteiger partial charge >= 0.3 is 18.3 Å². The van der Waals surface area contributed by atoms with E-state index in [0.717, 1.165) is 139 Å². The van der Waals surface area contributed by atoms with Crippen LogP contribution in [0.25, 0.3) is 45.0 Å². The number of halogens is 6. The van der Waals surface area contributed by atoms with Gasteiger partial charge in [-0.05, 0) is 221 Å². The van der Waals surface area contributed by atoms with E-state index >= 15 is 0 Å². The molecule has 0 aliphatic heterocycles. The van der Waals surface area contributed by atoms with Gasteiger partial charge in [-0.15, -0.1) is 48.5 Å². The molecule has 5 heterocycles. The Labute approximate surface area is 913 Å². The molecule has 17 rings (SSSR count). The number of allylic oxidation sites excluding steroid dienone is 4. The molecule has 23 nitrogen and oxygen atoms in total. The molecular formula is C116H99F6Ir4N9O14-4. The topological polar surface area (TPSA) is 298 Å². The standard InChI is InChI=1S/4C25H21N2O2.C6H5NO2.C5H2F6O2.C5H8O2.4Ir/c4*1-26-18-19-14-15-27-24(16-19)23-13-12-22(28-20-8-4-2-5-9-20)17-25(23)29-21-10-6-3-7-11-21;8-6(9)5-3-1-2-4-7-5;6-4(7,8)2(12)1-3(13)5(9,10)11;1-4(6)3-5(2)7;;;;/h4*2-12,14-17,26H,18H2,1H3;1-4H,(H,8,9);1,12H;3,6H,1-2H3;;;;/q4*-1;;;;;;;. The van der Waals surface area contributed by atoms with E-state index in [0.29, 0.717) is 46.0 Å². The zero-order valence-electron chi connectivity index (χ0n) is 80.6. The number of para-hydroxylation sites is 8. The predicted molar refractivity (Wildman–Crippen MR) is 543 cm³/mol. The van der Waals surface area contributed by atoms with Crippen molar-refractivity contribution in [3.63, 3.8) is 0 Å². The summed E-state index contributed by atoms with van der Waals surface area (Å²) in [6.07, 6.45) is -1.86. The van der Waals surface area contributed by atoms with E-state index < -0.39 is 35.9 Å². The molecule has 0 saturated heterocycles. The molecular weight excluding hydrogens is 2630 g/mol. The van der Waals surface area contributed by atoms with Crippen LogP contribution in [0.5, 0.6) is 92.0 Å². The fourth-order valence-corrected chi connectivity index (χ4v) is 12.9. The van der Waals surface area contributed by atoms with E-state index in [1.807, 2.05) is 368 Å². The van der Waals surface area contributed by atoms with Crippen LogP contribution in [0.3, 0.4) is 0 Å². The molecule has 0 saturated carbocycles. The fourth-order valence-electron chi connectivity index (χ4n) is 12.9. The van der Waals surface area contributed by atoms with Crippen molar-refractivity contribution in [1.82, 2.24) is 46.2 Å². The molecule has 4 radical (unpaired) electrons. The number of ether oxygens (including phenoxy) is 8. The van der Waals surface area contributed by atoms with Gasteiger partial charge in [0.05, 0.1) is 5.76 Å². The first-order valence-electron chi connectivity index (χ1n) is 44.8. The van der Waals surface area contributed by atoms with Gasteiger partial charge in [-0.3, -0.25) is 9.59 Å². The average molecular weight is 2730 g/mol. The van der Waals surface area contributed by atoms with Gasteiger partial charge in [-0.1, -0.05) is 222 Å². The van der Waals surface area contributed by atoms with E-state index in [-0.39, 0.29) is 97.7 Å². The molecule has 5 aromatic heterocycles. The SMILES string of the molecule is CC(=O)C=C(C)O.CNCc1ccnc(-c2[c-]cc(Oc3ccccc3)cc2Oc2ccccc2)c1.CNCc1ccnc(-c2[c-]cc(Oc3ccccc3)cc2Oc2ccccc2)c1.CNCc1ccnc(-c2[c-]cc(Oc3ccccc3)cc2Oc2ccccc2)c1.CNCc1ccnc(-c2[c-]cc(Oc3ccccc3)cc2Oc2ccccc2)c1.O=C(C=C(O)C(F)(F)F)C(F)(F)F.O=C(O)c1ccccn1.[Ir].[Ir].[Ir].[Ir]. The monoisotopic (exact) mass is 2730 g/mol. The Morgan fingerprint density at radius 3 is 0.691 bits per heavy atom. The third kappa shape index (κ3) is 41.9. The van der Waals surface area contributed by atoms with Crippen molar-refractivity contribution >= 4 is 17.5 Å². The van der Waals surface area contributed by atoms with Crippen molar-refractivity contribution in [1.29, 1.82) is 0 Å². The van der Waals surface area contributed by atoms with Crippen LogP contribution >= 0.6 is 0 Å². The van der Waals surface area contributed by atoms with Crippen LogP contribution < -0.4 is 59.2 Å². The second kappa shape index (κ2) is 64.0. The number of ketones is 2. The van der Waals surface area contributed by atoms with Crippen LogP contribution in [-0.4, -0.2) is 98.3 Å². The molecule has 0 bridgehead atoms. The Morgan fingerprint density at radius 2 is 0.517 bits per heavy atom. The second-order valence-corrected chi connectivity index (χ2v) is 30.7. The summed E-state index contributed by atoms with van der Waals surface area (Å²) in [4.78, 5) is 51.7. The van der Waals surface area contributed by atoms with Crippen LogP contribution in [0.15, 0.2) is 413 Å². The number of aliphatic hydroxyl groups is 2. The van der Waals surface area contributed by atoms with Crippen LogP contribution in [-0.2, 0) is 116 Å². The van der Waals surface area contributed by atoms with Gasteiger partial charge < -0.3 is 94.4 Å². The van der Waals surface area contributed by atoms with Gasteiger partial charge in [0.15, 0.2) is 5.78 Å². The first kappa shape index (κ1) is 121. The molecule has 7 N–H and O–H groups in total. The average Bonchev–Trinajstić information content (AvgIpc) is 0.818. The summed E-state index contributed by atoms with van der Waals surface area (Å²) in [5.74, 6) is 4.76. The maximum Gasteiger partial charge on any atom is 0.454 e. The number of hydrogen-bond donors (Lipinski definition) is 7. The summed E-state index contributed by atoms with van der Waals surface area (Å²) in [7, 11) is 7.69. The van der Waals surface area contributed by atoms with Crippen molar-refractivity contribution < 1.29 is 174 Å². The second-order valence-electron chi connectivity index (χ2n) is 30.7. The Hall–Kier alpha value is -15.3. The van der Waals surface area contributed by atoms with Crippen molar-refractivity contribution in [2.75, 3.05) is 28.2 Å². The van der Waals surface area contributed by atoms with E-state index in [2.05, 4.69) is 70.5 Å². The van der Waals surface area contributed by atoms with Crippen LogP contribution in [0.4, 0.5) is 26.3 Å². The van der Waals surface area contributed by atoms with Crippen molar-refractivity contribution in [2.24, 2.45) is 0 Å².